The Labute approximate surface area is 195 Å². The van der Waals surface area contributed by atoms with Gasteiger partial charge in [0.1, 0.15) is 5.82 Å². The lowest BCUT2D eigenvalue weighted by Crippen LogP contribution is -2.44. The van der Waals surface area contributed by atoms with Crippen molar-refractivity contribution in [3.8, 4) is 0 Å². The molecule has 1 aromatic carbocycles. The highest BCUT2D eigenvalue weighted by atomic mass is 32.2. The van der Waals surface area contributed by atoms with E-state index in [-0.39, 0.29) is 17.0 Å². The van der Waals surface area contributed by atoms with Gasteiger partial charge in [0.15, 0.2) is 5.11 Å². The molecule has 0 spiro atoms. The van der Waals surface area contributed by atoms with Crippen LogP contribution >= 0.6 is 12.2 Å². The standard InChI is InChI=1S/C22H33FN4O3S2/c1-16(2)13-26(21(31)25-17(3)4)14-20-12-24-22(27(20)10-11-30-5)32(28,29)15-18-6-8-19(23)9-7-18/h6-9,12,16-17H,10-11,13-15H2,1-5H3,(H,25,31). The van der Waals surface area contributed by atoms with Gasteiger partial charge in [0, 0.05) is 26.2 Å². The second-order valence-corrected chi connectivity index (χ2v) is 10.7. The third kappa shape index (κ3) is 7.53. The van der Waals surface area contributed by atoms with Gasteiger partial charge in [0.05, 0.1) is 30.8 Å². The first-order valence-corrected chi connectivity index (χ1v) is 12.7. The number of hydrogen-bond acceptors (Lipinski definition) is 5. The fraction of sp³-hybridized carbons (Fsp3) is 0.545. The van der Waals surface area contributed by atoms with Crippen LogP contribution in [-0.2, 0) is 33.4 Å². The molecule has 0 atom stereocenters. The van der Waals surface area contributed by atoms with Crippen molar-refractivity contribution in [2.45, 2.75) is 57.7 Å². The van der Waals surface area contributed by atoms with Crippen molar-refractivity contribution in [3.05, 3.63) is 47.5 Å². The first kappa shape index (κ1) is 26.2. The largest absolute Gasteiger partial charge is 0.383 e. The molecule has 0 aliphatic heterocycles. The van der Waals surface area contributed by atoms with Crippen molar-refractivity contribution in [2.24, 2.45) is 5.92 Å². The molecule has 0 bridgehead atoms. The number of halogens is 1. The number of benzene rings is 1. The number of methoxy groups -OCH3 is 1. The minimum atomic E-state index is -3.76. The number of ether oxygens (including phenoxy) is 1. The SMILES string of the molecule is COCCn1c(CN(CC(C)C)C(=S)NC(C)C)cnc1S(=O)(=O)Cc1ccc(F)cc1. The van der Waals surface area contributed by atoms with Crippen LogP contribution in [0.25, 0.3) is 0 Å². The van der Waals surface area contributed by atoms with E-state index in [4.69, 9.17) is 17.0 Å². The smallest absolute Gasteiger partial charge is 0.228 e. The fourth-order valence-electron chi connectivity index (χ4n) is 3.25. The van der Waals surface area contributed by atoms with Gasteiger partial charge in [-0.3, -0.25) is 0 Å². The summed E-state index contributed by atoms with van der Waals surface area (Å²) in [6.07, 6.45) is 1.58. The van der Waals surface area contributed by atoms with Crippen LogP contribution in [0.1, 0.15) is 39.0 Å². The zero-order valence-electron chi connectivity index (χ0n) is 19.3. The van der Waals surface area contributed by atoms with Gasteiger partial charge in [-0.05, 0) is 49.7 Å². The molecule has 178 valence electrons. The molecular formula is C22H33FN4O3S2. The molecule has 0 saturated carbocycles. The van der Waals surface area contributed by atoms with Crippen LogP contribution in [0, 0.1) is 11.7 Å². The first-order chi connectivity index (χ1) is 15.0. The maximum Gasteiger partial charge on any atom is 0.228 e. The molecule has 7 nitrogen and oxygen atoms in total. The van der Waals surface area contributed by atoms with Crippen LogP contribution in [-0.4, -0.2) is 54.3 Å². The number of thiocarbonyl (C=S) groups is 1. The van der Waals surface area contributed by atoms with Gasteiger partial charge in [-0.15, -0.1) is 0 Å². The summed E-state index contributed by atoms with van der Waals surface area (Å²) < 4.78 is 46.4. The molecule has 1 heterocycles. The van der Waals surface area contributed by atoms with E-state index in [2.05, 4.69) is 24.1 Å². The molecule has 0 aliphatic rings. The fourth-order valence-corrected chi connectivity index (χ4v) is 5.14. The van der Waals surface area contributed by atoms with Crippen LogP contribution in [0.15, 0.2) is 35.6 Å². The lowest BCUT2D eigenvalue weighted by molar-refractivity contribution is 0.182. The van der Waals surface area contributed by atoms with Crippen molar-refractivity contribution >= 4 is 27.2 Å². The second kappa shape index (κ2) is 11.7. The van der Waals surface area contributed by atoms with E-state index >= 15 is 0 Å². The molecule has 0 saturated heterocycles. The lowest BCUT2D eigenvalue weighted by Gasteiger charge is -2.29. The normalized spacial score (nSPS) is 11.9. The van der Waals surface area contributed by atoms with Gasteiger partial charge >= 0.3 is 0 Å². The highest BCUT2D eigenvalue weighted by Crippen LogP contribution is 2.20. The number of aromatic nitrogens is 2. The van der Waals surface area contributed by atoms with Crippen molar-refractivity contribution in [1.29, 1.82) is 0 Å². The number of sulfone groups is 1. The van der Waals surface area contributed by atoms with E-state index in [0.717, 1.165) is 5.69 Å². The molecule has 0 unspecified atom stereocenters. The van der Waals surface area contributed by atoms with Gasteiger partial charge in [-0.2, -0.15) is 0 Å². The van der Waals surface area contributed by atoms with Crippen molar-refractivity contribution in [2.75, 3.05) is 20.3 Å². The minimum Gasteiger partial charge on any atom is -0.383 e. The second-order valence-electron chi connectivity index (χ2n) is 8.44. The average Bonchev–Trinajstić information content (AvgIpc) is 3.10. The van der Waals surface area contributed by atoms with Gasteiger partial charge < -0.3 is 19.5 Å². The quantitative estimate of drug-likeness (QED) is 0.490. The topological polar surface area (TPSA) is 76.5 Å². The monoisotopic (exact) mass is 484 g/mol. The minimum absolute atomic E-state index is 0.0268. The summed E-state index contributed by atoms with van der Waals surface area (Å²) in [5.41, 5.74) is 1.23. The summed E-state index contributed by atoms with van der Waals surface area (Å²) in [6.45, 7) is 10.0. The number of rotatable bonds is 11. The predicted molar refractivity (Wildman–Crippen MR) is 128 cm³/mol. The molecule has 0 radical (unpaired) electrons. The van der Waals surface area contributed by atoms with Crippen LogP contribution in [0.5, 0.6) is 0 Å². The third-order valence-electron chi connectivity index (χ3n) is 4.61. The molecule has 0 fully saturated rings. The Bertz CT molecular complexity index is 989. The molecule has 2 rings (SSSR count). The van der Waals surface area contributed by atoms with Crippen molar-refractivity contribution < 1.29 is 17.5 Å². The van der Waals surface area contributed by atoms with Crippen LogP contribution in [0.3, 0.4) is 0 Å². The Morgan fingerprint density at radius 3 is 2.47 bits per heavy atom. The summed E-state index contributed by atoms with van der Waals surface area (Å²) >= 11 is 5.59. The lowest BCUT2D eigenvalue weighted by atomic mass is 10.2. The Balaban J connectivity index is 2.37. The molecule has 0 amide bonds. The van der Waals surface area contributed by atoms with E-state index < -0.39 is 15.7 Å². The summed E-state index contributed by atoms with van der Waals surface area (Å²) in [5, 5.41) is 3.85. The molecule has 32 heavy (non-hydrogen) atoms. The summed E-state index contributed by atoms with van der Waals surface area (Å²) in [7, 11) is -2.19. The van der Waals surface area contributed by atoms with Gasteiger partial charge in [0.2, 0.25) is 15.0 Å². The predicted octanol–water partition coefficient (Wildman–Crippen LogP) is 3.38. The van der Waals surface area contributed by atoms with Crippen LogP contribution in [0.4, 0.5) is 4.39 Å². The highest BCUT2D eigenvalue weighted by Gasteiger charge is 2.25. The summed E-state index contributed by atoms with van der Waals surface area (Å²) in [5.74, 6) is -0.315. The zero-order valence-corrected chi connectivity index (χ0v) is 21.0. The first-order valence-electron chi connectivity index (χ1n) is 10.6. The third-order valence-corrected chi connectivity index (χ3v) is 6.58. The highest BCUT2D eigenvalue weighted by molar-refractivity contribution is 7.90. The maximum absolute atomic E-state index is 13.2. The van der Waals surface area contributed by atoms with Crippen molar-refractivity contribution in [3.63, 3.8) is 0 Å². The van der Waals surface area contributed by atoms with Gasteiger partial charge in [-0.25, -0.2) is 17.8 Å². The number of nitrogens with one attached hydrogen (secondary N) is 1. The average molecular weight is 485 g/mol. The van der Waals surface area contributed by atoms with E-state index in [1.807, 2.05) is 18.7 Å². The van der Waals surface area contributed by atoms with E-state index in [1.54, 1.807) is 17.9 Å². The Morgan fingerprint density at radius 1 is 1.25 bits per heavy atom. The van der Waals surface area contributed by atoms with Crippen LogP contribution < -0.4 is 5.32 Å². The molecule has 0 aliphatic carbocycles. The summed E-state index contributed by atoms with van der Waals surface area (Å²) in [4.78, 5) is 6.29. The molecule has 1 N–H and O–H groups in total. The van der Waals surface area contributed by atoms with Crippen LogP contribution in [0.2, 0.25) is 0 Å². The Hall–Kier alpha value is -2.04. The van der Waals surface area contributed by atoms with E-state index in [9.17, 15) is 12.8 Å². The Kier molecular flexibility index (Phi) is 9.60. The number of hydrogen-bond donors (Lipinski definition) is 1. The van der Waals surface area contributed by atoms with E-state index in [0.29, 0.717) is 42.8 Å². The summed E-state index contributed by atoms with van der Waals surface area (Å²) in [6, 6.07) is 5.62. The maximum atomic E-state index is 13.2. The van der Waals surface area contributed by atoms with E-state index in [1.165, 1.54) is 24.3 Å². The molecular weight excluding hydrogens is 451 g/mol. The molecule has 2 aromatic rings. The zero-order chi connectivity index (χ0) is 23.9. The number of nitrogens with zero attached hydrogens (tertiary/aromatic N) is 3. The molecule has 10 heteroatoms. The number of imidazole rings is 1. The van der Waals surface area contributed by atoms with Crippen molar-refractivity contribution in [1.82, 2.24) is 19.8 Å². The van der Waals surface area contributed by atoms with Gasteiger partial charge in [-0.1, -0.05) is 26.0 Å². The Morgan fingerprint density at radius 2 is 1.91 bits per heavy atom. The molecule has 1 aromatic heterocycles. The van der Waals surface area contributed by atoms with Gasteiger partial charge in [0.25, 0.3) is 0 Å².